The fourth-order valence-electron chi connectivity index (χ4n) is 1.88. The Kier molecular flexibility index (Phi) is 2.14. The molecule has 0 atom stereocenters. The van der Waals surface area contributed by atoms with Gasteiger partial charge in [-0.1, -0.05) is 13.8 Å². The van der Waals surface area contributed by atoms with Gasteiger partial charge in [0.05, 0.1) is 11.4 Å². The van der Waals surface area contributed by atoms with E-state index in [0.29, 0.717) is 11.4 Å². The van der Waals surface area contributed by atoms with Gasteiger partial charge in [0.2, 0.25) is 0 Å². The second-order valence-corrected chi connectivity index (χ2v) is 6.04. The maximum Gasteiger partial charge on any atom is 0.195 e. The second kappa shape index (κ2) is 3.08. The van der Waals surface area contributed by atoms with E-state index in [2.05, 4.69) is 10.2 Å². The molecule has 1 aliphatic rings. The largest absolute Gasteiger partial charge is 0.267 e. The molecule has 0 fully saturated rings. The lowest BCUT2D eigenvalue weighted by Crippen LogP contribution is -2.16. The molecule has 0 aromatic carbocycles. The Bertz CT molecular complexity index is 445. The van der Waals surface area contributed by atoms with Crippen LogP contribution in [-0.4, -0.2) is 24.4 Å². The number of hydrogen-bond donors (Lipinski definition) is 1. The Labute approximate surface area is 83.6 Å². The highest BCUT2D eigenvalue weighted by Crippen LogP contribution is 2.28. The minimum absolute atomic E-state index is 0.250. The fraction of sp³-hybridized carbons (Fsp3) is 0.667. The molecule has 0 radical (unpaired) electrons. The van der Waals surface area contributed by atoms with Gasteiger partial charge in [-0.3, -0.25) is 5.10 Å². The zero-order valence-corrected chi connectivity index (χ0v) is 9.19. The van der Waals surface area contributed by atoms with Gasteiger partial charge < -0.3 is 0 Å². The fourth-order valence-corrected chi connectivity index (χ4v) is 3.37. The molecule has 0 amide bonds. The van der Waals surface area contributed by atoms with Crippen LogP contribution in [0.25, 0.3) is 0 Å². The predicted octanol–water partition coefficient (Wildman–Crippen LogP) is 1.25. The third-order valence-corrected chi connectivity index (χ3v) is 4.34. The van der Waals surface area contributed by atoms with Crippen molar-refractivity contribution in [1.29, 1.82) is 0 Å². The Balaban J connectivity index is 2.60. The van der Waals surface area contributed by atoms with Crippen LogP contribution in [0.3, 0.4) is 0 Å². The summed E-state index contributed by atoms with van der Waals surface area (Å²) >= 11 is 0. The zero-order chi connectivity index (χ0) is 10.3. The van der Waals surface area contributed by atoms with E-state index in [-0.39, 0.29) is 11.7 Å². The number of aromatic nitrogens is 2. The molecule has 1 aliphatic heterocycles. The van der Waals surface area contributed by atoms with E-state index in [9.17, 15) is 8.42 Å². The number of nitrogens with zero attached hydrogens (tertiary/aromatic N) is 1. The van der Waals surface area contributed by atoms with Crippen molar-refractivity contribution < 1.29 is 8.42 Å². The average molecular weight is 214 g/mol. The summed E-state index contributed by atoms with van der Waals surface area (Å²) in [6.45, 7) is 4.05. The molecule has 1 aromatic rings. The summed E-state index contributed by atoms with van der Waals surface area (Å²) in [7, 11) is -3.07. The van der Waals surface area contributed by atoms with Gasteiger partial charge in [-0.05, 0) is 18.8 Å². The van der Waals surface area contributed by atoms with Crippen molar-refractivity contribution in [1.82, 2.24) is 10.2 Å². The van der Waals surface area contributed by atoms with Crippen LogP contribution in [0.4, 0.5) is 0 Å². The third-order valence-electron chi connectivity index (χ3n) is 2.56. The molecule has 1 aromatic heterocycles. The van der Waals surface area contributed by atoms with E-state index in [0.717, 1.165) is 17.7 Å². The molecule has 0 saturated carbocycles. The van der Waals surface area contributed by atoms with Crippen LogP contribution >= 0.6 is 0 Å². The SMILES string of the molecule is CC(C)c1n[nH]c2c1CCCS2(=O)=O. The molecule has 0 spiro atoms. The van der Waals surface area contributed by atoms with Crippen LogP contribution < -0.4 is 0 Å². The van der Waals surface area contributed by atoms with Crippen molar-refractivity contribution in [2.24, 2.45) is 0 Å². The number of nitrogens with one attached hydrogen (secondary N) is 1. The van der Waals surface area contributed by atoms with Gasteiger partial charge in [-0.15, -0.1) is 0 Å². The number of hydrogen-bond acceptors (Lipinski definition) is 3. The first kappa shape index (κ1) is 9.71. The molecule has 0 unspecified atom stereocenters. The molecule has 78 valence electrons. The lowest BCUT2D eigenvalue weighted by Gasteiger charge is -2.12. The van der Waals surface area contributed by atoms with E-state index >= 15 is 0 Å². The summed E-state index contributed by atoms with van der Waals surface area (Å²) in [4.78, 5) is 0. The highest BCUT2D eigenvalue weighted by Gasteiger charge is 2.29. The predicted molar refractivity (Wildman–Crippen MR) is 53.1 cm³/mol. The van der Waals surface area contributed by atoms with Crippen molar-refractivity contribution in [2.45, 2.75) is 37.6 Å². The number of fused-ring (bicyclic) bond motifs is 1. The monoisotopic (exact) mass is 214 g/mol. The van der Waals surface area contributed by atoms with Crippen LogP contribution in [0.5, 0.6) is 0 Å². The Hall–Kier alpha value is -0.840. The summed E-state index contributed by atoms with van der Waals surface area (Å²) in [6, 6.07) is 0. The molecule has 0 bridgehead atoms. The molecule has 0 saturated heterocycles. The maximum absolute atomic E-state index is 11.6. The lowest BCUT2D eigenvalue weighted by molar-refractivity contribution is 0.581. The highest BCUT2D eigenvalue weighted by molar-refractivity contribution is 7.91. The van der Waals surface area contributed by atoms with E-state index in [1.807, 2.05) is 13.8 Å². The van der Waals surface area contributed by atoms with Gasteiger partial charge >= 0.3 is 0 Å². The first-order chi connectivity index (χ1) is 6.52. The summed E-state index contributed by atoms with van der Waals surface area (Å²) in [5.41, 5.74) is 1.81. The zero-order valence-electron chi connectivity index (χ0n) is 8.37. The minimum Gasteiger partial charge on any atom is -0.267 e. The van der Waals surface area contributed by atoms with Crippen molar-refractivity contribution in [3.8, 4) is 0 Å². The molecule has 0 aliphatic carbocycles. The van der Waals surface area contributed by atoms with Gasteiger partial charge in [0.1, 0.15) is 0 Å². The number of aromatic amines is 1. The minimum atomic E-state index is -3.07. The average Bonchev–Trinajstić information content (AvgIpc) is 2.48. The van der Waals surface area contributed by atoms with Gasteiger partial charge in [-0.25, -0.2) is 8.42 Å². The van der Waals surface area contributed by atoms with Crippen LogP contribution in [0.15, 0.2) is 5.03 Å². The topological polar surface area (TPSA) is 62.8 Å². The Morgan fingerprint density at radius 3 is 2.79 bits per heavy atom. The lowest BCUT2D eigenvalue weighted by atomic mass is 10.0. The second-order valence-electron chi connectivity index (χ2n) is 3.99. The number of sulfone groups is 1. The summed E-state index contributed by atoms with van der Waals surface area (Å²) in [5, 5.41) is 7.10. The van der Waals surface area contributed by atoms with Crippen LogP contribution in [0.2, 0.25) is 0 Å². The van der Waals surface area contributed by atoms with Gasteiger partial charge in [-0.2, -0.15) is 5.10 Å². The molecule has 14 heavy (non-hydrogen) atoms. The van der Waals surface area contributed by atoms with Crippen molar-refractivity contribution in [3.05, 3.63) is 11.3 Å². The van der Waals surface area contributed by atoms with Crippen LogP contribution in [-0.2, 0) is 16.3 Å². The van der Waals surface area contributed by atoms with E-state index in [4.69, 9.17) is 0 Å². The number of H-pyrrole nitrogens is 1. The molecule has 2 heterocycles. The van der Waals surface area contributed by atoms with E-state index in [1.165, 1.54) is 0 Å². The van der Waals surface area contributed by atoms with Crippen molar-refractivity contribution in [2.75, 3.05) is 5.75 Å². The summed E-state index contributed by atoms with van der Waals surface area (Å²) < 4.78 is 23.3. The summed E-state index contributed by atoms with van der Waals surface area (Å²) in [5.74, 6) is 0.531. The standard InChI is InChI=1S/C9H14N2O2S/c1-6(2)8-7-4-3-5-14(12,13)9(7)11-10-8/h6H,3-5H2,1-2H3,(H,10,11). The van der Waals surface area contributed by atoms with E-state index < -0.39 is 9.84 Å². The van der Waals surface area contributed by atoms with E-state index in [1.54, 1.807) is 0 Å². The molecule has 2 rings (SSSR count). The van der Waals surface area contributed by atoms with Crippen molar-refractivity contribution >= 4 is 9.84 Å². The smallest absolute Gasteiger partial charge is 0.195 e. The maximum atomic E-state index is 11.6. The third kappa shape index (κ3) is 1.35. The normalized spacial score (nSPS) is 19.6. The quantitative estimate of drug-likeness (QED) is 0.765. The first-order valence-corrected chi connectivity index (χ1v) is 6.47. The van der Waals surface area contributed by atoms with Crippen LogP contribution in [0.1, 0.15) is 37.4 Å². The number of rotatable bonds is 1. The molecule has 1 N–H and O–H groups in total. The molecule has 5 heteroatoms. The Morgan fingerprint density at radius 1 is 1.43 bits per heavy atom. The van der Waals surface area contributed by atoms with Gasteiger partial charge in [0, 0.05) is 5.56 Å². The molecular weight excluding hydrogens is 200 g/mol. The molecular formula is C9H14N2O2S. The summed E-state index contributed by atoms with van der Waals surface area (Å²) in [6.07, 6.45) is 1.55. The highest BCUT2D eigenvalue weighted by atomic mass is 32.2. The molecule has 4 nitrogen and oxygen atoms in total. The van der Waals surface area contributed by atoms with Crippen LogP contribution in [0, 0.1) is 0 Å². The Morgan fingerprint density at radius 2 is 2.14 bits per heavy atom. The van der Waals surface area contributed by atoms with Gasteiger partial charge in [0.25, 0.3) is 0 Å². The first-order valence-electron chi connectivity index (χ1n) is 4.82. The van der Waals surface area contributed by atoms with Gasteiger partial charge in [0.15, 0.2) is 14.9 Å². The van der Waals surface area contributed by atoms with Crippen molar-refractivity contribution in [3.63, 3.8) is 0 Å².